The van der Waals surface area contributed by atoms with Crippen LogP contribution in [0.4, 0.5) is 0 Å². The first-order chi connectivity index (χ1) is 7.24. The Labute approximate surface area is 97.4 Å². The highest BCUT2D eigenvalue weighted by Gasteiger charge is 2.96. The van der Waals surface area contributed by atoms with Crippen LogP contribution in [0.2, 0.25) is 0 Å². The Morgan fingerprint density at radius 2 is 1.94 bits per heavy atom. The van der Waals surface area contributed by atoms with Crippen molar-refractivity contribution >= 4 is 5.91 Å². The minimum absolute atomic E-state index is 0.110. The van der Waals surface area contributed by atoms with Gasteiger partial charge in [0.1, 0.15) is 0 Å². The number of carbonyl (C=O) groups is 1. The molecule has 3 atom stereocenters. The van der Waals surface area contributed by atoms with Gasteiger partial charge in [0.2, 0.25) is 5.91 Å². The molecule has 2 N–H and O–H groups in total. The van der Waals surface area contributed by atoms with Crippen molar-refractivity contribution in [2.75, 3.05) is 6.54 Å². The van der Waals surface area contributed by atoms with Crippen molar-refractivity contribution in [1.82, 2.24) is 10.6 Å². The third-order valence-electron chi connectivity index (χ3n) is 4.86. The molecule has 3 rings (SSSR count). The molecule has 3 aliphatic carbocycles. The molecule has 3 unspecified atom stereocenters. The third kappa shape index (κ3) is 1.10. The standard InChI is InChI=1S/C13H22N2O/c1-9(16)14-8-11-5-12(11)7-13(12,6-11)15-10(2,3)4/h15H,5-8H2,1-4H3,(H,14,16). The predicted molar refractivity (Wildman–Crippen MR) is 63.0 cm³/mol. The van der Waals surface area contributed by atoms with E-state index in [9.17, 15) is 4.79 Å². The average Bonchev–Trinajstić information content (AvgIpc) is 2.80. The smallest absolute Gasteiger partial charge is 0.216 e. The maximum Gasteiger partial charge on any atom is 0.216 e. The van der Waals surface area contributed by atoms with E-state index in [0.717, 1.165) is 6.54 Å². The molecular weight excluding hydrogens is 200 g/mol. The van der Waals surface area contributed by atoms with Gasteiger partial charge in [0, 0.05) is 24.5 Å². The van der Waals surface area contributed by atoms with Crippen molar-refractivity contribution in [3.8, 4) is 0 Å². The van der Waals surface area contributed by atoms with E-state index in [1.807, 2.05) is 0 Å². The molecule has 3 saturated carbocycles. The van der Waals surface area contributed by atoms with Gasteiger partial charge in [-0.25, -0.2) is 0 Å². The van der Waals surface area contributed by atoms with Crippen molar-refractivity contribution in [3.63, 3.8) is 0 Å². The number of amides is 1. The molecule has 90 valence electrons. The van der Waals surface area contributed by atoms with E-state index in [-0.39, 0.29) is 11.4 Å². The highest BCUT2D eigenvalue weighted by atomic mass is 16.1. The number of hydrogen-bond acceptors (Lipinski definition) is 2. The quantitative estimate of drug-likeness (QED) is 0.758. The lowest BCUT2D eigenvalue weighted by molar-refractivity contribution is -0.119. The van der Waals surface area contributed by atoms with Gasteiger partial charge in [-0.2, -0.15) is 0 Å². The molecule has 0 radical (unpaired) electrons. The lowest BCUT2D eigenvalue weighted by Gasteiger charge is -2.39. The monoisotopic (exact) mass is 222 g/mol. The largest absolute Gasteiger partial charge is 0.356 e. The van der Waals surface area contributed by atoms with Gasteiger partial charge in [0.05, 0.1) is 0 Å². The van der Waals surface area contributed by atoms with Crippen LogP contribution >= 0.6 is 0 Å². The fraction of sp³-hybridized carbons (Fsp3) is 0.923. The zero-order chi connectivity index (χ0) is 11.8. The van der Waals surface area contributed by atoms with Crippen LogP contribution in [0.25, 0.3) is 0 Å². The normalized spacial score (nSPS) is 47.5. The number of hydrogen-bond donors (Lipinski definition) is 2. The Bertz CT molecular complexity index is 373. The van der Waals surface area contributed by atoms with E-state index >= 15 is 0 Å². The molecule has 1 amide bonds. The van der Waals surface area contributed by atoms with Gasteiger partial charge < -0.3 is 10.6 Å². The SMILES string of the molecule is CC(=O)NCC12CC3(NC(C)(C)C)CC13C2. The molecule has 16 heavy (non-hydrogen) atoms. The molecule has 1 spiro atoms. The van der Waals surface area contributed by atoms with Crippen molar-refractivity contribution in [2.45, 2.75) is 58.0 Å². The fourth-order valence-electron chi connectivity index (χ4n) is 4.38. The average molecular weight is 222 g/mol. The lowest BCUT2D eigenvalue weighted by atomic mass is 9.78. The van der Waals surface area contributed by atoms with Crippen LogP contribution in [0, 0.1) is 10.8 Å². The molecule has 0 heterocycles. The van der Waals surface area contributed by atoms with E-state index in [4.69, 9.17) is 0 Å². The Hall–Kier alpha value is -0.570. The van der Waals surface area contributed by atoms with Gasteiger partial charge in [-0.05, 0) is 50.9 Å². The zero-order valence-electron chi connectivity index (χ0n) is 10.7. The second kappa shape index (κ2) is 2.47. The second-order valence-corrected chi connectivity index (χ2v) is 7.26. The van der Waals surface area contributed by atoms with Gasteiger partial charge in [-0.15, -0.1) is 0 Å². The Morgan fingerprint density at radius 3 is 2.44 bits per heavy atom. The summed E-state index contributed by atoms with van der Waals surface area (Å²) in [6.07, 6.45) is 3.91. The van der Waals surface area contributed by atoms with Crippen LogP contribution in [0.3, 0.4) is 0 Å². The summed E-state index contributed by atoms with van der Waals surface area (Å²) in [6, 6.07) is 0. The maximum atomic E-state index is 10.9. The summed E-state index contributed by atoms with van der Waals surface area (Å²) in [5.41, 5.74) is 1.68. The molecule has 0 bridgehead atoms. The van der Waals surface area contributed by atoms with Crippen LogP contribution in [0.15, 0.2) is 0 Å². The zero-order valence-corrected chi connectivity index (χ0v) is 10.7. The molecular formula is C13H22N2O. The van der Waals surface area contributed by atoms with E-state index in [2.05, 4.69) is 31.4 Å². The fourth-order valence-corrected chi connectivity index (χ4v) is 4.38. The number of nitrogens with one attached hydrogen (secondary N) is 2. The maximum absolute atomic E-state index is 10.9. The molecule has 0 aromatic carbocycles. The molecule has 0 aliphatic heterocycles. The van der Waals surface area contributed by atoms with Crippen LogP contribution in [0.5, 0.6) is 0 Å². The summed E-state index contributed by atoms with van der Waals surface area (Å²) < 4.78 is 0. The summed E-state index contributed by atoms with van der Waals surface area (Å²) in [5, 5.41) is 6.78. The molecule has 3 nitrogen and oxygen atoms in total. The number of rotatable bonds is 3. The Morgan fingerprint density at radius 1 is 1.25 bits per heavy atom. The third-order valence-corrected chi connectivity index (χ3v) is 4.86. The molecule has 0 aromatic heterocycles. The van der Waals surface area contributed by atoms with Gasteiger partial charge in [-0.1, -0.05) is 0 Å². The van der Waals surface area contributed by atoms with Gasteiger partial charge >= 0.3 is 0 Å². The van der Waals surface area contributed by atoms with Crippen LogP contribution in [0.1, 0.15) is 47.0 Å². The predicted octanol–water partition coefficient (Wildman–Crippen LogP) is 1.43. The van der Waals surface area contributed by atoms with E-state index in [0.29, 0.717) is 16.4 Å². The van der Waals surface area contributed by atoms with E-state index in [1.54, 1.807) is 6.92 Å². The molecule has 0 saturated heterocycles. The highest BCUT2D eigenvalue weighted by molar-refractivity contribution is 5.73. The minimum Gasteiger partial charge on any atom is -0.356 e. The number of carbonyl (C=O) groups excluding carboxylic acids is 1. The van der Waals surface area contributed by atoms with Crippen LogP contribution in [-0.2, 0) is 4.79 Å². The van der Waals surface area contributed by atoms with Crippen molar-refractivity contribution in [2.24, 2.45) is 10.8 Å². The molecule has 3 aliphatic rings. The van der Waals surface area contributed by atoms with Gasteiger partial charge in [0.25, 0.3) is 0 Å². The molecule has 3 fully saturated rings. The molecule has 0 aromatic rings. The van der Waals surface area contributed by atoms with Crippen molar-refractivity contribution < 1.29 is 4.79 Å². The Balaban J connectivity index is 1.61. The summed E-state index contributed by atoms with van der Waals surface area (Å²) in [7, 11) is 0. The highest BCUT2D eigenvalue weighted by Crippen LogP contribution is 2.95. The van der Waals surface area contributed by atoms with Crippen molar-refractivity contribution in [1.29, 1.82) is 0 Å². The first-order valence-corrected chi connectivity index (χ1v) is 6.28. The summed E-state index contributed by atoms with van der Waals surface area (Å²) in [4.78, 5) is 10.9. The first-order valence-electron chi connectivity index (χ1n) is 6.28. The Kier molecular flexibility index (Phi) is 1.64. The van der Waals surface area contributed by atoms with E-state index < -0.39 is 0 Å². The van der Waals surface area contributed by atoms with Crippen LogP contribution < -0.4 is 10.6 Å². The van der Waals surface area contributed by atoms with Gasteiger partial charge in [-0.3, -0.25) is 4.79 Å². The summed E-state index contributed by atoms with van der Waals surface area (Å²) in [6.45, 7) is 9.23. The van der Waals surface area contributed by atoms with Gasteiger partial charge in [0.15, 0.2) is 0 Å². The summed E-state index contributed by atoms with van der Waals surface area (Å²) in [5.74, 6) is 0.110. The van der Waals surface area contributed by atoms with Crippen molar-refractivity contribution in [3.05, 3.63) is 0 Å². The lowest BCUT2D eigenvalue weighted by Crippen LogP contribution is -2.54. The summed E-state index contributed by atoms with van der Waals surface area (Å²) >= 11 is 0. The second-order valence-electron chi connectivity index (χ2n) is 7.26. The minimum atomic E-state index is 0.110. The molecule has 3 heteroatoms. The topological polar surface area (TPSA) is 41.1 Å². The van der Waals surface area contributed by atoms with Crippen LogP contribution in [-0.4, -0.2) is 23.5 Å². The first kappa shape index (κ1) is 10.6. The van der Waals surface area contributed by atoms with E-state index in [1.165, 1.54) is 19.3 Å².